The van der Waals surface area contributed by atoms with Gasteiger partial charge in [-0.05, 0) is 61.6 Å². The molecular weight excluding hydrogens is 475 g/mol. The maximum absolute atomic E-state index is 13.1. The van der Waals surface area contributed by atoms with Crippen molar-refractivity contribution in [3.63, 3.8) is 0 Å². The number of likely N-dealkylation sites (tertiary alicyclic amines) is 1. The summed E-state index contributed by atoms with van der Waals surface area (Å²) in [5.41, 5.74) is 7.31. The SMILES string of the molecule is Nc1ncc(C(=O)N2CCC(O)(CCc3ccncc3)CC2)cc1OCc1c(Cl)cccc1Cl. The van der Waals surface area contributed by atoms with E-state index in [0.29, 0.717) is 53.5 Å². The Kier molecular flexibility index (Phi) is 7.56. The molecule has 3 N–H and O–H groups in total. The molecule has 1 aliphatic rings. The molecule has 0 aliphatic carbocycles. The number of aryl methyl sites for hydroxylation is 1. The van der Waals surface area contributed by atoms with Crippen LogP contribution in [0.2, 0.25) is 10.0 Å². The quantitative estimate of drug-likeness (QED) is 0.493. The number of aliphatic hydroxyl groups is 1. The van der Waals surface area contributed by atoms with Crippen molar-refractivity contribution >= 4 is 34.9 Å². The van der Waals surface area contributed by atoms with E-state index in [2.05, 4.69) is 9.97 Å². The van der Waals surface area contributed by atoms with E-state index in [4.69, 9.17) is 33.7 Å². The van der Waals surface area contributed by atoms with E-state index in [1.165, 1.54) is 6.20 Å². The fourth-order valence-corrected chi connectivity index (χ4v) is 4.50. The number of pyridine rings is 2. The molecule has 178 valence electrons. The number of hydrogen-bond donors (Lipinski definition) is 2. The lowest BCUT2D eigenvalue weighted by Gasteiger charge is -2.38. The largest absolute Gasteiger partial charge is 0.485 e. The van der Waals surface area contributed by atoms with Crippen LogP contribution in [-0.4, -0.2) is 44.6 Å². The first-order valence-corrected chi connectivity index (χ1v) is 11.8. The number of aromatic nitrogens is 2. The minimum atomic E-state index is -0.790. The van der Waals surface area contributed by atoms with E-state index in [0.717, 1.165) is 12.0 Å². The highest BCUT2D eigenvalue weighted by Crippen LogP contribution is 2.30. The number of carbonyl (C=O) groups is 1. The zero-order chi connectivity index (χ0) is 24.1. The van der Waals surface area contributed by atoms with Gasteiger partial charge in [0.2, 0.25) is 0 Å². The van der Waals surface area contributed by atoms with Crippen LogP contribution in [0.3, 0.4) is 0 Å². The third-order valence-electron chi connectivity index (χ3n) is 6.17. The number of halogens is 2. The standard InChI is InChI=1S/C25H26Cl2N4O3/c26-20-2-1-3-21(27)19(20)16-34-22-14-18(15-30-23(22)28)24(32)31-12-8-25(33,9-13-31)7-4-17-5-10-29-11-6-17/h1-3,5-6,10-11,14-15,33H,4,7-9,12-13,16H2,(H2,28,30). The number of carbonyl (C=O) groups excluding carboxylic acids is 1. The molecule has 1 aliphatic heterocycles. The van der Waals surface area contributed by atoms with Gasteiger partial charge in [-0.15, -0.1) is 0 Å². The molecule has 0 unspecified atom stereocenters. The predicted octanol–water partition coefficient (Wildman–Crippen LogP) is 4.54. The average molecular weight is 501 g/mol. The monoisotopic (exact) mass is 500 g/mol. The van der Waals surface area contributed by atoms with Crippen LogP contribution in [-0.2, 0) is 13.0 Å². The molecule has 7 nitrogen and oxygen atoms in total. The lowest BCUT2D eigenvalue weighted by Crippen LogP contribution is -2.46. The fraction of sp³-hybridized carbons (Fsp3) is 0.320. The molecule has 1 fully saturated rings. The molecule has 4 rings (SSSR count). The van der Waals surface area contributed by atoms with Gasteiger partial charge in [0, 0.05) is 47.3 Å². The molecule has 0 saturated carbocycles. The Morgan fingerprint density at radius 3 is 2.50 bits per heavy atom. The number of nitrogen functional groups attached to an aromatic ring is 1. The smallest absolute Gasteiger partial charge is 0.255 e. The van der Waals surface area contributed by atoms with Crippen LogP contribution in [0.25, 0.3) is 0 Å². The maximum Gasteiger partial charge on any atom is 0.255 e. The summed E-state index contributed by atoms with van der Waals surface area (Å²) in [4.78, 5) is 23.0. The Morgan fingerprint density at radius 2 is 1.82 bits per heavy atom. The summed E-state index contributed by atoms with van der Waals surface area (Å²) in [6.07, 6.45) is 7.39. The van der Waals surface area contributed by atoms with Gasteiger partial charge in [0.25, 0.3) is 5.91 Å². The van der Waals surface area contributed by atoms with Crippen molar-refractivity contribution in [3.05, 3.63) is 81.7 Å². The van der Waals surface area contributed by atoms with Gasteiger partial charge in [0.15, 0.2) is 11.6 Å². The van der Waals surface area contributed by atoms with Crippen LogP contribution in [0, 0.1) is 0 Å². The van der Waals surface area contributed by atoms with Crippen molar-refractivity contribution in [1.29, 1.82) is 0 Å². The van der Waals surface area contributed by atoms with E-state index in [1.54, 1.807) is 41.6 Å². The second-order valence-corrected chi connectivity index (χ2v) is 9.28. The molecule has 9 heteroatoms. The van der Waals surface area contributed by atoms with E-state index >= 15 is 0 Å². The number of anilines is 1. The molecule has 2 aromatic heterocycles. The van der Waals surface area contributed by atoms with Crippen LogP contribution >= 0.6 is 23.2 Å². The first-order valence-electron chi connectivity index (χ1n) is 11.1. The van der Waals surface area contributed by atoms with Crippen LogP contribution < -0.4 is 10.5 Å². The molecular formula is C25H26Cl2N4O3. The molecule has 34 heavy (non-hydrogen) atoms. The summed E-state index contributed by atoms with van der Waals surface area (Å²) in [5.74, 6) is 0.279. The van der Waals surface area contributed by atoms with E-state index < -0.39 is 5.60 Å². The Bertz CT molecular complexity index is 1130. The topological polar surface area (TPSA) is 102 Å². The van der Waals surface area contributed by atoms with Gasteiger partial charge < -0.3 is 20.5 Å². The molecule has 1 saturated heterocycles. The van der Waals surface area contributed by atoms with E-state index in [9.17, 15) is 9.90 Å². The summed E-state index contributed by atoms with van der Waals surface area (Å²) >= 11 is 12.4. The second kappa shape index (κ2) is 10.6. The lowest BCUT2D eigenvalue weighted by atomic mass is 9.85. The molecule has 0 radical (unpaired) electrons. The number of amides is 1. The Labute approximate surface area is 208 Å². The zero-order valence-electron chi connectivity index (χ0n) is 18.6. The maximum atomic E-state index is 13.1. The number of hydrogen-bond acceptors (Lipinski definition) is 6. The van der Waals surface area contributed by atoms with Crippen molar-refractivity contribution in [2.75, 3.05) is 18.8 Å². The Morgan fingerprint density at radius 1 is 1.15 bits per heavy atom. The predicted molar refractivity (Wildman–Crippen MR) is 132 cm³/mol. The lowest BCUT2D eigenvalue weighted by molar-refractivity contribution is -0.0226. The molecule has 1 aromatic carbocycles. The molecule has 3 heterocycles. The van der Waals surface area contributed by atoms with Crippen molar-refractivity contribution < 1.29 is 14.6 Å². The van der Waals surface area contributed by atoms with Gasteiger partial charge in [-0.1, -0.05) is 29.3 Å². The molecule has 0 bridgehead atoms. The Balaban J connectivity index is 1.37. The third kappa shape index (κ3) is 5.78. The summed E-state index contributed by atoms with van der Waals surface area (Å²) in [6.45, 7) is 1.01. The van der Waals surface area contributed by atoms with E-state index in [-0.39, 0.29) is 24.1 Å². The highest BCUT2D eigenvalue weighted by atomic mass is 35.5. The van der Waals surface area contributed by atoms with Crippen molar-refractivity contribution in [2.45, 2.75) is 37.9 Å². The number of nitrogens with two attached hydrogens (primary N) is 1. The number of rotatable bonds is 7. The minimum absolute atomic E-state index is 0.0935. The van der Waals surface area contributed by atoms with Crippen LogP contribution in [0.15, 0.2) is 55.0 Å². The Hall–Kier alpha value is -2.87. The van der Waals surface area contributed by atoms with Crippen LogP contribution in [0.1, 0.15) is 40.7 Å². The molecule has 0 atom stereocenters. The zero-order valence-corrected chi connectivity index (χ0v) is 20.1. The average Bonchev–Trinajstić information content (AvgIpc) is 2.84. The summed E-state index contributed by atoms with van der Waals surface area (Å²) in [7, 11) is 0. The van der Waals surface area contributed by atoms with Gasteiger partial charge >= 0.3 is 0 Å². The number of nitrogens with zero attached hydrogens (tertiary/aromatic N) is 3. The van der Waals surface area contributed by atoms with Gasteiger partial charge in [0.1, 0.15) is 6.61 Å². The van der Waals surface area contributed by atoms with Gasteiger partial charge in [-0.25, -0.2) is 4.98 Å². The van der Waals surface area contributed by atoms with Crippen molar-refractivity contribution in [3.8, 4) is 5.75 Å². The highest BCUT2D eigenvalue weighted by molar-refractivity contribution is 6.35. The van der Waals surface area contributed by atoms with Crippen LogP contribution in [0.5, 0.6) is 5.75 Å². The minimum Gasteiger partial charge on any atom is -0.485 e. The summed E-state index contributed by atoms with van der Waals surface area (Å²) < 4.78 is 5.80. The second-order valence-electron chi connectivity index (χ2n) is 8.47. The normalized spacial score (nSPS) is 15.2. The first kappa shape index (κ1) is 24.3. The number of benzene rings is 1. The van der Waals surface area contributed by atoms with Gasteiger partial charge in [0.05, 0.1) is 11.2 Å². The van der Waals surface area contributed by atoms with Crippen molar-refractivity contribution in [1.82, 2.24) is 14.9 Å². The van der Waals surface area contributed by atoms with Gasteiger partial charge in [-0.2, -0.15) is 0 Å². The highest BCUT2D eigenvalue weighted by Gasteiger charge is 2.34. The third-order valence-corrected chi connectivity index (χ3v) is 6.88. The summed E-state index contributed by atoms with van der Waals surface area (Å²) in [6, 6.07) is 10.7. The number of ether oxygens (including phenoxy) is 1. The molecule has 0 spiro atoms. The van der Waals surface area contributed by atoms with Crippen LogP contribution in [0.4, 0.5) is 5.82 Å². The number of piperidine rings is 1. The molecule has 1 amide bonds. The first-order chi connectivity index (χ1) is 16.3. The van der Waals surface area contributed by atoms with Gasteiger partial charge in [-0.3, -0.25) is 9.78 Å². The molecule has 3 aromatic rings. The summed E-state index contributed by atoms with van der Waals surface area (Å²) in [5, 5.41) is 11.9. The van der Waals surface area contributed by atoms with E-state index in [1.807, 2.05) is 12.1 Å². The fourth-order valence-electron chi connectivity index (χ4n) is 3.99. The van der Waals surface area contributed by atoms with Crippen molar-refractivity contribution in [2.24, 2.45) is 0 Å².